The quantitative estimate of drug-likeness (QED) is 0.764. The molecule has 0 aliphatic rings. The Labute approximate surface area is 155 Å². The van der Waals surface area contributed by atoms with Crippen LogP contribution in [0.4, 0.5) is 4.79 Å². The van der Waals surface area contributed by atoms with Crippen molar-refractivity contribution in [2.75, 3.05) is 27.7 Å². The number of likely N-dealkylation sites (N-methyl/N-ethyl adjacent to an activating group) is 1. The number of amides is 2. The van der Waals surface area contributed by atoms with Crippen LogP contribution < -0.4 is 0 Å². The summed E-state index contributed by atoms with van der Waals surface area (Å²) in [5.41, 5.74) is 1.90. The van der Waals surface area contributed by atoms with E-state index in [-0.39, 0.29) is 18.4 Å². The van der Waals surface area contributed by atoms with E-state index >= 15 is 0 Å². The predicted molar refractivity (Wildman–Crippen MR) is 102 cm³/mol. The molecule has 0 spiro atoms. The van der Waals surface area contributed by atoms with Gasteiger partial charge in [-0.1, -0.05) is 60.7 Å². The molecule has 2 aromatic carbocycles. The van der Waals surface area contributed by atoms with Gasteiger partial charge < -0.3 is 14.5 Å². The van der Waals surface area contributed by atoms with Gasteiger partial charge in [0.2, 0.25) is 5.91 Å². The molecule has 2 aromatic rings. The number of ether oxygens (including phenoxy) is 1. The topological polar surface area (TPSA) is 49.9 Å². The molecule has 138 valence electrons. The van der Waals surface area contributed by atoms with Gasteiger partial charge in [0.1, 0.15) is 6.61 Å². The molecule has 0 aliphatic carbocycles. The average molecular weight is 354 g/mol. The van der Waals surface area contributed by atoms with Crippen molar-refractivity contribution in [3.8, 4) is 0 Å². The van der Waals surface area contributed by atoms with Crippen molar-refractivity contribution in [2.45, 2.75) is 18.9 Å². The number of benzene rings is 2. The third-order valence-corrected chi connectivity index (χ3v) is 4.21. The van der Waals surface area contributed by atoms with Crippen LogP contribution in [0.5, 0.6) is 0 Å². The molecule has 0 fully saturated rings. The summed E-state index contributed by atoms with van der Waals surface area (Å²) in [7, 11) is 5.18. The van der Waals surface area contributed by atoms with Crippen LogP contribution >= 0.6 is 0 Å². The summed E-state index contributed by atoms with van der Waals surface area (Å²) < 4.78 is 5.33. The predicted octanol–water partition coefficient (Wildman–Crippen LogP) is 3.52. The van der Waals surface area contributed by atoms with Gasteiger partial charge in [-0.3, -0.25) is 4.79 Å². The maximum atomic E-state index is 12.5. The van der Waals surface area contributed by atoms with Crippen LogP contribution in [0, 0.1) is 0 Å². The van der Waals surface area contributed by atoms with Crippen LogP contribution in [0.3, 0.4) is 0 Å². The lowest BCUT2D eigenvalue weighted by atomic mass is 9.94. The summed E-state index contributed by atoms with van der Waals surface area (Å²) in [4.78, 5) is 27.8. The first-order valence-corrected chi connectivity index (χ1v) is 8.67. The molecule has 0 heterocycles. The van der Waals surface area contributed by atoms with E-state index in [1.54, 1.807) is 26.0 Å². The van der Waals surface area contributed by atoms with Crippen LogP contribution in [-0.4, -0.2) is 49.5 Å². The minimum Gasteiger partial charge on any atom is -0.445 e. The van der Waals surface area contributed by atoms with Crippen LogP contribution in [0.2, 0.25) is 0 Å². The molecule has 0 bridgehead atoms. The fourth-order valence-electron chi connectivity index (χ4n) is 2.67. The van der Waals surface area contributed by atoms with Gasteiger partial charge in [0.15, 0.2) is 0 Å². The third kappa shape index (κ3) is 5.62. The number of rotatable bonds is 7. The lowest BCUT2D eigenvalue weighted by Gasteiger charge is -2.24. The van der Waals surface area contributed by atoms with Gasteiger partial charge in [-0.25, -0.2) is 4.79 Å². The molecule has 5 nitrogen and oxygen atoms in total. The molecule has 2 amide bonds. The van der Waals surface area contributed by atoms with Crippen molar-refractivity contribution >= 4 is 12.0 Å². The monoisotopic (exact) mass is 354 g/mol. The van der Waals surface area contributed by atoms with Crippen LogP contribution in [-0.2, 0) is 16.1 Å². The zero-order valence-corrected chi connectivity index (χ0v) is 15.6. The molecule has 1 unspecified atom stereocenters. The highest BCUT2D eigenvalue weighted by Crippen LogP contribution is 2.22. The van der Waals surface area contributed by atoms with E-state index in [9.17, 15) is 9.59 Å². The van der Waals surface area contributed by atoms with Crippen LogP contribution in [0.1, 0.15) is 23.5 Å². The Morgan fingerprint density at radius 2 is 1.50 bits per heavy atom. The minimum absolute atomic E-state index is 0.0299. The zero-order chi connectivity index (χ0) is 18.9. The van der Waals surface area contributed by atoms with Crippen LogP contribution in [0.25, 0.3) is 0 Å². The summed E-state index contributed by atoms with van der Waals surface area (Å²) >= 11 is 0. The summed E-state index contributed by atoms with van der Waals surface area (Å²) in [5.74, 6) is -0.252. The lowest BCUT2D eigenvalue weighted by Crippen LogP contribution is -2.33. The second kappa shape index (κ2) is 9.61. The number of hydrogen-bond acceptors (Lipinski definition) is 3. The Bertz CT molecular complexity index is 702. The Hall–Kier alpha value is -2.82. The largest absolute Gasteiger partial charge is 0.445 e. The van der Waals surface area contributed by atoms with E-state index in [1.165, 1.54) is 4.90 Å². The van der Waals surface area contributed by atoms with E-state index in [0.717, 1.165) is 11.1 Å². The average Bonchev–Trinajstić information content (AvgIpc) is 2.67. The van der Waals surface area contributed by atoms with E-state index in [2.05, 4.69) is 0 Å². The maximum absolute atomic E-state index is 12.5. The molecule has 0 radical (unpaired) electrons. The summed E-state index contributed by atoms with van der Waals surface area (Å²) in [5, 5.41) is 0. The molecule has 0 aliphatic heterocycles. The van der Waals surface area contributed by atoms with Gasteiger partial charge in [-0.2, -0.15) is 0 Å². The van der Waals surface area contributed by atoms with Crippen molar-refractivity contribution in [3.05, 3.63) is 71.8 Å². The molecular formula is C21H26N2O3. The van der Waals surface area contributed by atoms with Crippen molar-refractivity contribution in [1.82, 2.24) is 9.80 Å². The summed E-state index contributed by atoms with van der Waals surface area (Å²) in [6.07, 6.45) is 0.149. The Morgan fingerprint density at radius 3 is 2.08 bits per heavy atom. The molecule has 0 saturated carbocycles. The van der Waals surface area contributed by atoms with Gasteiger partial charge in [0.05, 0.1) is 5.92 Å². The van der Waals surface area contributed by atoms with E-state index in [4.69, 9.17) is 4.74 Å². The molecule has 26 heavy (non-hydrogen) atoms. The van der Waals surface area contributed by atoms with Crippen LogP contribution in [0.15, 0.2) is 60.7 Å². The maximum Gasteiger partial charge on any atom is 0.409 e. The van der Waals surface area contributed by atoms with Crippen molar-refractivity contribution in [2.24, 2.45) is 0 Å². The SMILES string of the molecule is CN(C)C(=O)C(CCN(C)C(=O)OCc1ccccc1)c1ccccc1. The van der Waals surface area contributed by atoms with Gasteiger partial charge >= 0.3 is 6.09 Å². The Balaban J connectivity index is 1.92. The number of carbonyl (C=O) groups excluding carboxylic acids is 2. The molecular weight excluding hydrogens is 328 g/mol. The molecule has 0 N–H and O–H groups in total. The molecule has 2 rings (SSSR count). The fourth-order valence-corrected chi connectivity index (χ4v) is 2.67. The number of nitrogens with zero attached hydrogens (tertiary/aromatic N) is 2. The highest BCUT2D eigenvalue weighted by molar-refractivity contribution is 5.83. The summed E-state index contributed by atoms with van der Waals surface area (Å²) in [6, 6.07) is 19.2. The smallest absolute Gasteiger partial charge is 0.409 e. The van der Waals surface area contributed by atoms with Gasteiger partial charge in [-0.15, -0.1) is 0 Å². The van der Waals surface area contributed by atoms with E-state index in [1.807, 2.05) is 60.7 Å². The lowest BCUT2D eigenvalue weighted by molar-refractivity contribution is -0.130. The highest BCUT2D eigenvalue weighted by Gasteiger charge is 2.23. The van der Waals surface area contributed by atoms with E-state index < -0.39 is 6.09 Å². The van der Waals surface area contributed by atoms with E-state index in [0.29, 0.717) is 13.0 Å². The third-order valence-electron chi connectivity index (χ3n) is 4.21. The highest BCUT2D eigenvalue weighted by atomic mass is 16.6. The first-order valence-electron chi connectivity index (χ1n) is 8.67. The number of carbonyl (C=O) groups is 2. The Kier molecular flexibility index (Phi) is 7.21. The molecule has 5 heteroatoms. The normalized spacial score (nSPS) is 11.5. The molecule has 0 saturated heterocycles. The molecule has 0 aromatic heterocycles. The van der Waals surface area contributed by atoms with Crippen molar-refractivity contribution in [3.63, 3.8) is 0 Å². The second-order valence-corrected chi connectivity index (χ2v) is 6.45. The first kappa shape index (κ1) is 19.5. The standard InChI is InChI=1S/C21H26N2O3/c1-22(2)20(24)19(18-12-8-5-9-13-18)14-15-23(3)21(25)26-16-17-10-6-4-7-11-17/h4-13,19H,14-16H2,1-3H3. The first-order chi connectivity index (χ1) is 12.5. The van der Waals surface area contributed by atoms with Gasteiger partial charge in [0, 0.05) is 27.7 Å². The zero-order valence-electron chi connectivity index (χ0n) is 15.6. The fraction of sp³-hybridized carbons (Fsp3) is 0.333. The Morgan fingerprint density at radius 1 is 0.923 bits per heavy atom. The molecule has 1 atom stereocenters. The number of hydrogen-bond donors (Lipinski definition) is 0. The van der Waals surface area contributed by atoms with Crippen molar-refractivity contribution in [1.29, 1.82) is 0 Å². The summed E-state index contributed by atoms with van der Waals surface area (Å²) in [6.45, 7) is 0.676. The van der Waals surface area contributed by atoms with Gasteiger partial charge in [0.25, 0.3) is 0 Å². The van der Waals surface area contributed by atoms with Gasteiger partial charge in [-0.05, 0) is 17.5 Å². The van der Waals surface area contributed by atoms with Crippen molar-refractivity contribution < 1.29 is 14.3 Å². The minimum atomic E-state index is -0.391. The second-order valence-electron chi connectivity index (χ2n) is 6.45.